The fourth-order valence-electron chi connectivity index (χ4n) is 2.00. The predicted molar refractivity (Wildman–Crippen MR) is 70.8 cm³/mol. The molecule has 0 bridgehead atoms. The van der Waals surface area contributed by atoms with Crippen molar-refractivity contribution in [2.75, 3.05) is 18.8 Å². The molecule has 1 aromatic carbocycles. The van der Waals surface area contributed by atoms with Crippen molar-refractivity contribution in [3.63, 3.8) is 0 Å². The lowest BCUT2D eigenvalue weighted by atomic mass is 10.0. The molecule has 1 N–H and O–H groups in total. The van der Waals surface area contributed by atoms with Crippen molar-refractivity contribution >= 4 is 28.5 Å². The van der Waals surface area contributed by atoms with Gasteiger partial charge in [-0.3, -0.25) is 4.21 Å². The Balaban J connectivity index is 2.02. The van der Waals surface area contributed by atoms with Crippen LogP contribution >= 0.6 is 11.6 Å². The highest BCUT2D eigenvalue weighted by atomic mass is 35.5. The lowest BCUT2D eigenvalue weighted by Gasteiger charge is -2.36. The standard InChI is InChI=1S/C12H11ClF3NO3S/c13-9-3-8(12(14,15)16)1-2-10(9)21(20)6-7-4-17(5-7)11(18)19/h1-3,7H,4-6H2,(H,18,19)/t21-/m0/s1. The summed E-state index contributed by atoms with van der Waals surface area (Å²) in [6, 6.07) is 2.69. The number of amides is 1. The minimum absolute atomic E-state index is 0.0692. The van der Waals surface area contributed by atoms with Crippen LogP contribution in [-0.4, -0.2) is 39.2 Å². The van der Waals surface area contributed by atoms with Crippen molar-refractivity contribution in [1.82, 2.24) is 4.90 Å². The second kappa shape index (κ2) is 5.84. The molecule has 0 radical (unpaired) electrons. The second-order valence-corrected chi connectivity index (χ2v) is 6.58. The molecule has 4 nitrogen and oxygen atoms in total. The van der Waals surface area contributed by atoms with Gasteiger partial charge in [-0.1, -0.05) is 11.6 Å². The first-order valence-corrected chi connectivity index (χ1v) is 7.61. The van der Waals surface area contributed by atoms with Crippen LogP contribution < -0.4 is 0 Å². The number of halogens is 4. The van der Waals surface area contributed by atoms with Gasteiger partial charge in [-0.2, -0.15) is 13.2 Å². The van der Waals surface area contributed by atoms with Gasteiger partial charge < -0.3 is 10.0 Å². The number of likely N-dealkylation sites (tertiary alicyclic amines) is 1. The summed E-state index contributed by atoms with van der Waals surface area (Å²) in [6.07, 6.45) is -5.54. The Morgan fingerprint density at radius 3 is 2.52 bits per heavy atom. The number of alkyl halides is 3. The zero-order chi connectivity index (χ0) is 15.8. The molecule has 21 heavy (non-hydrogen) atoms. The SMILES string of the molecule is O=C(O)N1CC(C[S@](=O)c2ccc(C(F)(F)F)cc2Cl)C1. The summed E-state index contributed by atoms with van der Waals surface area (Å²) in [5.41, 5.74) is -0.894. The molecule has 1 amide bonds. The van der Waals surface area contributed by atoms with Crippen LogP contribution in [0.1, 0.15) is 5.56 Å². The third kappa shape index (κ3) is 3.68. The van der Waals surface area contributed by atoms with E-state index in [0.29, 0.717) is 0 Å². The highest BCUT2D eigenvalue weighted by Crippen LogP contribution is 2.33. The number of hydrogen-bond donors (Lipinski definition) is 1. The average molecular weight is 342 g/mol. The summed E-state index contributed by atoms with van der Waals surface area (Å²) >= 11 is 5.76. The Bertz CT molecular complexity index is 588. The van der Waals surface area contributed by atoms with Crippen LogP contribution in [0.15, 0.2) is 23.1 Å². The molecule has 1 aromatic rings. The van der Waals surface area contributed by atoms with Gasteiger partial charge in [-0.05, 0) is 18.2 Å². The highest BCUT2D eigenvalue weighted by molar-refractivity contribution is 7.85. The third-order valence-electron chi connectivity index (χ3n) is 3.12. The molecule has 1 aliphatic rings. The fraction of sp³-hybridized carbons (Fsp3) is 0.417. The Morgan fingerprint density at radius 2 is 2.05 bits per heavy atom. The van der Waals surface area contributed by atoms with Crippen molar-refractivity contribution in [2.24, 2.45) is 5.92 Å². The lowest BCUT2D eigenvalue weighted by molar-refractivity contribution is -0.137. The Hall–Kier alpha value is -1.28. The van der Waals surface area contributed by atoms with Gasteiger partial charge in [0.15, 0.2) is 0 Å². The number of carboxylic acid groups (broad SMARTS) is 1. The van der Waals surface area contributed by atoms with E-state index in [2.05, 4.69) is 0 Å². The van der Waals surface area contributed by atoms with Gasteiger partial charge >= 0.3 is 12.3 Å². The van der Waals surface area contributed by atoms with E-state index in [1.165, 1.54) is 4.90 Å². The molecule has 1 saturated heterocycles. The Labute approximate surface area is 126 Å². The summed E-state index contributed by atoms with van der Waals surface area (Å²) < 4.78 is 49.6. The lowest BCUT2D eigenvalue weighted by Crippen LogP contribution is -2.51. The molecule has 1 heterocycles. The molecule has 0 unspecified atom stereocenters. The van der Waals surface area contributed by atoms with Crippen LogP contribution in [0.2, 0.25) is 5.02 Å². The summed E-state index contributed by atoms with van der Waals surface area (Å²) in [5, 5.41) is 8.48. The van der Waals surface area contributed by atoms with Gasteiger partial charge in [0, 0.05) is 24.8 Å². The van der Waals surface area contributed by atoms with Gasteiger partial charge in [-0.25, -0.2) is 4.79 Å². The second-order valence-electron chi connectivity index (χ2n) is 4.71. The monoisotopic (exact) mass is 341 g/mol. The highest BCUT2D eigenvalue weighted by Gasteiger charge is 2.33. The van der Waals surface area contributed by atoms with E-state index in [0.717, 1.165) is 18.2 Å². The maximum absolute atomic E-state index is 12.5. The topological polar surface area (TPSA) is 57.6 Å². The van der Waals surface area contributed by atoms with Gasteiger partial charge in [0.1, 0.15) is 0 Å². The molecule has 116 valence electrons. The van der Waals surface area contributed by atoms with Crippen LogP contribution in [0, 0.1) is 5.92 Å². The van der Waals surface area contributed by atoms with Gasteiger partial charge in [-0.15, -0.1) is 0 Å². The minimum Gasteiger partial charge on any atom is -0.465 e. The zero-order valence-corrected chi connectivity index (χ0v) is 12.1. The zero-order valence-electron chi connectivity index (χ0n) is 10.6. The fourth-order valence-corrected chi connectivity index (χ4v) is 3.75. The maximum Gasteiger partial charge on any atom is 0.416 e. The molecule has 9 heteroatoms. The maximum atomic E-state index is 12.5. The number of hydrogen-bond acceptors (Lipinski definition) is 2. The molecule has 1 aliphatic heterocycles. The van der Waals surface area contributed by atoms with Gasteiger partial charge in [0.2, 0.25) is 0 Å². The van der Waals surface area contributed by atoms with Crippen molar-refractivity contribution in [3.8, 4) is 0 Å². The number of rotatable bonds is 3. The smallest absolute Gasteiger partial charge is 0.416 e. The van der Waals surface area contributed by atoms with E-state index >= 15 is 0 Å². The molecule has 0 spiro atoms. The van der Waals surface area contributed by atoms with Crippen LogP contribution in [0.5, 0.6) is 0 Å². The molecule has 1 atom stereocenters. The minimum atomic E-state index is -4.50. The average Bonchev–Trinajstić information content (AvgIpc) is 2.31. The quantitative estimate of drug-likeness (QED) is 0.919. The number of nitrogens with zero attached hydrogens (tertiary/aromatic N) is 1. The van der Waals surface area contributed by atoms with Crippen LogP contribution in [0.4, 0.5) is 18.0 Å². The first kappa shape index (κ1) is 16.1. The van der Waals surface area contributed by atoms with E-state index in [-0.39, 0.29) is 34.7 Å². The summed E-state index contributed by atoms with van der Waals surface area (Å²) in [5.74, 6) is 0.106. The van der Waals surface area contributed by atoms with E-state index in [9.17, 15) is 22.2 Å². The molecule has 0 aromatic heterocycles. The van der Waals surface area contributed by atoms with Crippen LogP contribution in [-0.2, 0) is 17.0 Å². The van der Waals surface area contributed by atoms with Crippen molar-refractivity contribution in [3.05, 3.63) is 28.8 Å². The Morgan fingerprint density at radius 1 is 1.43 bits per heavy atom. The van der Waals surface area contributed by atoms with Crippen LogP contribution in [0.3, 0.4) is 0 Å². The summed E-state index contributed by atoms with van der Waals surface area (Å²) in [7, 11) is -1.56. The van der Waals surface area contributed by atoms with Crippen molar-refractivity contribution in [1.29, 1.82) is 0 Å². The summed E-state index contributed by atoms with van der Waals surface area (Å²) in [4.78, 5) is 11.9. The van der Waals surface area contributed by atoms with Crippen molar-refractivity contribution in [2.45, 2.75) is 11.1 Å². The van der Waals surface area contributed by atoms with Crippen molar-refractivity contribution < 1.29 is 27.3 Å². The number of carbonyl (C=O) groups is 1. The predicted octanol–water partition coefficient (Wildman–Crippen LogP) is 3.08. The molecular formula is C12H11ClF3NO3S. The molecule has 0 saturated carbocycles. The molecule has 0 aliphatic carbocycles. The van der Waals surface area contributed by atoms with E-state index in [1.807, 2.05) is 0 Å². The normalized spacial score (nSPS) is 17.4. The first-order chi connectivity index (χ1) is 9.68. The first-order valence-electron chi connectivity index (χ1n) is 5.91. The van der Waals surface area contributed by atoms with E-state index < -0.39 is 28.6 Å². The largest absolute Gasteiger partial charge is 0.465 e. The molecule has 1 fully saturated rings. The van der Waals surface area contributed by atoms with E-state index in [4.69, 9.17) is 16.7 Å². The summed E-state index contributed by atoms with van der Waals surface area (Å²) in [6.45, 7) is 0.554. The van der Waals surface area contributed by atoms with E-state index in [1.54, 1.807) is 0 Å². The molecule has 2 rings (SSSR count). The third-order valence-corrected chi connectivity index (χ3v) is 5.16. The molecular weight excluding hydrogens is 331 g/mol. The Kier molecular flexibility index (Phi) is 4.48. The van der Waals surface area contributed by atoms with Gasteiger partial charge in [0.25, 0.3) is 0 Å². The van der Waals surface area contributed by atoms with Gasteiger partial charge in [0.05, 0.1) is 26.3 Å². The van der Waals surface area contributed by atoms with Crippen LogP contribution in [0.25, 0.3) is 0 Å². The number of benzene rings is 1.